The van der Waals surface area contributed by atoms with Crippen LogP contribution in [0.3, 0.4) is 0 Å². The largest absolute Gasteiger partial charge is 0.457 e. The molecule has 4 heteroatoms. The minimum atomic E-state index is -0.212. The standard InChI is InChI=1S/C10H13NO3/c12-7-10-2-1-9(14-10)6-11-4-3-8(13)5-11/h1-2,7-8,13H,3-6H2. The van der Waals surface area contributed by atoms with Crippen LogP contribution in [0.4, 0.5) is 0 Å². The maximum Gasteiger partial charge on any atom is 0.185 e. The van der Waals surface area contributed by atoms with Gasteiger partial charge in [-0.05, 0) is 18.6 Å². The van der Waals surface area contributed by atoms with Gasteiger partial charge in [0.05, 0.1) is 12.6 Å². The highest BCUT2D eigenvalue weighted by Gasteiger charge is 2.20. The van der Waals surface area contributed by atoms with Gasteiger partial charge in [-0.2, -0.15) is 0 Å². The maximum atomic E-state index is 10.4. The summed E-state index contributed by atoms with van der Waals surface area (Å²) >= 11 is 0. The van der Waals surface area contributed by atoms with E-state index in [9.17, 15) is 9.90 Å². The number of aldehydes is 1. The van der Waals surface area contributed by atoms with Crippen molar-refractivity contribution in [2.24, 2.45) is 0 Å². The number of rotatable bonds is 3. The molecule has 0 spiro atoms. The Kier molecular flexibility index (Phi) is 2.65. The Labute approximate surface area is 82.1 Å². The van der Waals surface area contributed by atoms with Crippen LogP contribution in [-0.4, -0.2) is 35.5 Å². The van der Waals surface area contributed by atoms with Crippen LogP contribution in [0, 0.1) is 0 Å². The van der Waals surface area contributed by atoms with Crippen molar-refractivity contribution < 1.29 is 14.3 Å². The Hall–Kier alpha value is -1.13. The monoisotopic (exact) mass is 195 g/mol. The molecule has 1 saturated heterocycles. The van der Waals surface area contributed by atoms with Crippen molar-refractivity contribution in [1.29, 1.82) is 0 Å². The summed E-state index contributed by atoms with van der Waals surface area (Å²) in [6.45, 7) is 2.25. The van der Waals surface area contributed by atoms with Gasteiger partial charge in [0, 0.05) is 13.1 Å². The van der Waals surface area contributed by atoms with E-state index in [2.05, 4.69) is 4.90 Å². The first-order valence-electron chi connectivity index (χ1n) is 4.72. The molecule has 1 aliphatic rings. The fourth-order valence-electron chi connectivity index (χ4n) is 1.72. The number of β-amino-alcohol motifs (C(OH)–C–C–N with tert-alkyl or cyclic N) is 1. The van der Waals surface area contributed by atoms with E-state index in [1.807, 2.05) is 0 Å². The van der Waals surface area contributed by atoms with E-state index in [1.54, 1.807) is 12.1 Å². The topological polar surface area (TPSA) is 53.7 Å². The second-order valence-electron chi connectivity index (χ2n) is 3.60. The smallest absolute Gasteiger partial charge is 0.185 e. The minimum Gasteiger partial charge on any atom is -0.457 e. The Morgan fingerprint density at radius 2 is 2.50 bits per heavy atom. The van der Waals surface area contributed by atoms with E-state index < -0.39 is 0 Å². The van der Waals surface area contributed by atoms with Crippen LogP contribution in [0.2, 0.25) is 0 Å². The van der Waals surface area contributed by atoms with Crippen LogP contribution in [0.1, 0.15) is 22.7 Å². The molecule has 76 valence electrons. The third-order valence-electron chi connectivity index (χ3n) is 2.43. The van der Waals surface area contributed by atoms with Crippen LogP contribution in [-0.2, 0) is 6.54 Å². The summed E-state index contributed by atoms with van der Waals surface area (Å²) in [6.07, 6.45) is 1.30. The molecule has 1 N–H and O–H groups in total. The summed E-state index contributed by atoms with van der Waals surface area (Å²) < 4.78 is 5.24. The van der Waals surface area contributed by atoms with Crippen LogP contribution >= 0.6 is 0 Å². The highest BCUT2D eigenvalue weighted by molar-refractivity contribution is 5.70. The molecule has 1 aromatic heterocycles. The van der Waals surface area contributed by atoms with Gasteiger partial charge in [-0.3, -0.25) is 9.69 Å². The average molecular weight is 195 g/mol. The minimum absolute atomic E-state index is 0.212. The number of hydrogen-bond donors (Lipinski definition) is 1. The van der Waals surface area contributed by atoms with E-state index >= 15 is 0 Å². The Morgan fingerprint density at radius 1 is 1.64 bits per heavy atom. The van der Waals surface area contributed by atoms with Crippen molar-refractivity contribution in [3.63, 3.8) is 0 Å². The van der Waals surface area contributed by atoms with Crippen LogP contribution < -0.4 is 0 Å². The van der Waals surface area contributed by atoms with E-state index in [4.69, 9.17) is 4.42 Å². The number of furan rings is 1. The molecule has 0 radical (unpaired) electrons. The predicted molar refractivity (Wildman–Crippen MR) is 50.0 cm³/mol. The predicted octanol–water partition coefficient (Wildman–Crippen LogP) is 0.659. The molecule has 0 aliphatic carbocycles. The van der Waals surface area contributed by atoms with E-state index in [0.717, 1.165) is 18.7 Å². The maximum absolute atomic E-state index is 10.4. The summed E-state index contributed by atoms with van der Waals surface area (Å²) in [5.74, 6) is 1.14. The molecule has 1 atom stereocenters. The Balaban J connectivity index is 1.93. The van der Waals surface area contributed by atoms with Crippen molar-refractivity contribution in [2.45, 2.75) is 19.1 Å². The fourth-order valence-corrected chi connectivity index (χ4v) is 1.72. The first-order valence-corrected chi connectivity index (χ1v) is 4.72. The molecule has 1 fully saturated rings. The second kappa shape index (κ2) is 3.94. The Morgan fingerprint density at radius 3 is 3.07 bits per heavy atom. The molecule has 1 aromatic rings. The van der Waals surface area contributed by atoms with Gasteiger partial charge in [0.1, 0.15) is 5.76 Å². The lowest BCUT2D eigenvalue weighted by molar-refractivity contribution is 0.109. The van der Waals surface area contributed by atoms with Gasteiger partial charge in [-0.1, -0.05) is 0 Å². The molecular formula is C10H13NO3. The number of aliphatic hydroxyl groups excluding tert-OH is 1. The molecule has 1 aliphatic heterocycles. The van der Waals surface area contributed by atoms with Gasteiger partial charge in [-0.15, -0.1) is 0 Å². The van der Waals surface area contributed by atoms with Crippen LogP contribution in [0.25, 0.3) is 0 Å². The summed E-state index contributed by atoms with van der Waals surface area (Å²) in [6, 6.07) is 3.46. The summed E-state index contributed by atoms with van der Waals surface area (Å²) in [5, 5.41) is 9.30. The van der Waals surface area contributed by atoms with Gasteiger partial charge in [0.15, 0.2) is 12.0 Å². The first kappa shape index (κ1) is 9.43. The third-order valence-corrected chi connectivity index (χ3v) is 2.43. The lowest BCUT2D eigenvalue weighted by Crippen LogP contribution is -2.21. The zero-order valence-electron chi connectivity index (χ0n) is 7.85. The van der Waals surface area contributed by atoms with E-state index in [1.165, 1.54) is 0 Å². The zero-order chi connectivity index (χ0) is 9.97. The van der Waals surface area contributed by atoms with Crippen LogP contribution in [0.15, 0.2) is 16.5 Å². The molecule has 0 aromatic carbocycles. The molecule has 2 heterocycles. The van der Waals surface area contributed by atoms with Gasteiger partial charge < -0.3 is 9.52 Å². The number of nitrogens with zero attached hydrogens (tertiary/aromatic N) is 1. The number of aliphatic hydroxyl groups is 1. The molecule has 0 amide bonds. The van der Waals surface area contributed by atoms with Gasteiger partial charge in [0.2, 0.25) is 0 Å². The number of carbonyl (C=O) groups is 1. The van der Waals surface area contributed by atoms with Crippen molar-refractivity contribution in [3.05, 3.63) is 23.7 Å². The van der Waals surface area contributed by atoms with Crippen molar-refractivity contribution in [3.8, 4) is 0 Å². The van der Waals surface area contributed by atoms with Crippen molar-refractivity contribution in [1.82, 2.24) is 4.90 Å². The average Bonchev–Trinajstić information content (AvgIpc) is 2.76. The molecular weight excluding hydrogens is 182 g/mol. The number of hydrogen-bond acceptors (Lipinski definition) is 4. The molecule has 4 nitrogen and oxygen atoms in total. The lowest BCUT2D eigenvalue weighted by Gasteiger charge is -2.12. The molecule has 14 heavy (non-hydrogen) atoms. The quantitative estimate of drug-likeness (QED) is 0.720. The summed E-state index contributed by atoms with van der Waals surface area (Å²) in [4.78, 5) is 12.5. The number of likely N-dealkylation sites (tertiary alicyclic amines) is 1. The highest BCUT2D eigenvalue weighted by Crippen LogP contribution is 2.14. The SMILES string of the molecule is O=Cc1ccc(CN2CCC(O)C2)o1. The van der Waals surface area contributed by atoms with E-state index in [-0.39, 0.29) is 6.10 Å². The summed E-state index contributed by atoms with van der Waals surface area (Å²) in [5.41, 5.74) is 0. The fraction of sp³-hybridized carbons (Fsp3) is 0.500. The van der Waals surface area contributed by atoms with Gasteiger partial charge >= 0.3 is 0 Å². The molecule has 0 bridgehead atoms. The number of carbonyl (C=O) groups excluding carboxylic acids is 1. The van der Waals surface area contributed by atoms with Crippen molar-refractivity contribution >= 4 is 6.29 Å². The molecule has 1 unspecified atom stereocenters. The Bertz CT molecular complexity index is 321. The van der Waals surface area contributed by atoms with Gasteiger partial charge in [-0.25, -0.2) is 0 Å². The van der Waals surface area contributed by atoms with E-state index in [0.29, 0.717) is 25.1 Å². The second-order valence-corrected chi connectivity index (χ2v) is 3.60. The van der Waals surface area contributed by atoms with Crippen LogP contribution in [0.5, 0.6) is 0 Å². The normalized spacial score (nSPS) is 22.8. The molecule has 2 rings (SSSR count). The molecule has 0 saturated carbocycles. The highest BCUT2D eigenvalue weighted by atomic mass is 16.3. The summed E-state index contributed by atoms with van der Waals surface area (Å²) in [7, 11) is 0. The first-order chi connectivity index (χ1) is 6.78. The lowest BCUT2D eigenvalue weighted by atomic mass is 10.3. The van der Waals surface area contributed by atoms with Gasteiger partial charge in [0.25, 0.3) is 0 Å². The van der Waals surface area contributed by atoms with Crippen molar-refractivity contribution in [2.75, 3.05) is 13.1 Å². The zero-order valence-corrected chi connectivity index (χ0v) is 7.85. The third kappa shape index (κ3) is 2.02.